The number of alkyl halides is 9. The highest BCUT2D eigenvalue weighted by molar-refractivity contribution is 6.11. The third kappa shape index (κ3) is 9.07. The number of halogens is 9. The Balaban J connectivity index is 1.31. The Morgan fingerprint density at radius 2 is 0.644 bits per heavy atom. The summed E-state index contributed by atoms with van der Waals surface area (Å²) in [5.41, 5.74) is -0.147. The highest BCUT2D eigenvalue weighted by Gasteiger charge is 2.38. The van der Waals surface area contributed by atoms with Crippen molar-refractivity contribution in [3.05, 3.63) is 223 Å². The first kappa shape index (κ1) is 46.5. The van der Waals surface area contributed by atoms with Crippen LogP contribution in [0.25, 0.3) is 106 Å². The molecular formula is C59H34F9N5. The first-order valence-electron chi connectivity index (χ1n) is 22.7. The lowest BCUT2D eigenvalue weighted by molar-refractivity contribution is -0.143. The smallest absolute Gasteiger partial charge is 0.308 e. The van der Waals surface area contributed by atoms with Crippen LogP contribution in [0, 0.1) is 0 Å². The van der Waals surface area contributed by atoms with Gasteiger partial charge in [0.1, 0.15) is 0 Å². The average molecular weight is 984 g/mol. The molecule has 0 atom stereocenters. The fourth-order valence-corrected chi connectivity index (χ4v) is 9.06. The number of nitrogens with zero attached hydrogens (tertiary/aromatic N) is 5. The molecule has 0 unspecified atom stereocenters. The monoisotopic (exact) mass is 983 g/mol. The molecular weight excluding hydrogens is 950 g/mol. The van der Waals surface area contributed by atoms with Crippen LogP contribution in [-0.4, -0.2) is 24.5 Å². The minimum Gasteiger partial charge on any atom is -0.308 e. The maximum absolute atomic E-state index is 15.8. The molecule has 0 fully saturated rings. The van der Waals surface area contributed by atoms with Crippen molar-refractivity contribution in [2.45, 2.75) is 18.5 Å². The molecule has 0 aliphatic rings. The van der Waals surface area contributed by atoms with Gasteiger partial charge < -0.3 is 4.57 Å². The van der Waals surface area contributed by atoms with E-state index < -0.39 is 40.8 Å². The van der Waals surface area contributed by atoms with Crippen LogP contribution in [0.1, 0.15) is 16.7 Å². The molecule has 0 bridgehead atoms. The van der Waals surface area contributed by atoms with Gasteiger partial charge in [-0.05, 0) is 65.7 Å². The average Bonchev–Trinajstić information content (AvgIpc) is 3.73. The maximum atomic E-state index is 15.8. The summed E-state index contributed by atoms with van der Waals surface area (Å²) < 4.78 is 135. The topological polar surface area (TPSA) is 56.5 Å². The molecule has 0 aliphatic carbocycles. The molecule has 0 radical (unpaired) electrons. The van der Waals surface area contributed by atoms with Crippen molar-refractivity contribution in [3.8, 4) is 84.6 Å². The molecule has 14 heteroatoms. The lowest BCUT2D eigenvalue weighted by atomic mass is 9.97. The molecule has 3 aromatic heterocycles. The quantitative estimate of drug-likeness (QED) is 0.142. The molecule has 0 saturated heterocycles. The van der Waals surface area contributed by atoms with Crippen molar-refractivity contribution in [3.63, 3.8) is 0 Å². The van der Waals surface area contributed by atoms with Crippen LogP contribution in [0.15, 0.2) is 206 Å². The van der Waals surface area contributed by atoms with Crippen molar-refractivity contribution >= 4 is 21.8 Å². The van der Waals surface area contributed by atoms with Gasteiger partial charge in [0, 0.05) is 44.2 Å². The molecule has 0 spiro atoms. The zero-order valence-electron chi connectivity index (χ0n) is 37.8. The van der Waals surface area contributed by atoms with E-state index in [4.69, 9.17) is 19.9 Å². The second kappa shape index (κ2) is 18.0. The molecule has 0 aliphatic heterocycles. The minimum absolute atomic E-state index is 0.0365. The number of hydrogen-bond donors (Lipinski definition) is 0. The van der Waals surface area contributed by atoms with E-state index in [2.05, 4.69) is 0 Å². The van der Waals surface area contributed by atoms with Gasteiger partial charge in [0.2, 0.25) is 0 Å². The molecule has 8 aromatic carbocycles. The highest BCUT2D eigenvalue weighted by Crippen LogP contribution is 2.46. The molecule has 11 aromatic rings. The zero-order valence-corrected chi connectivity index (χ0v) is 37.8. The zero-order chi connectivity index (χ0) is 50.6. The second-order valence-electron chi connectivity index (χ2n) is 17.2. The first-order chi connectivity index (χ1) is 35.1. The molecule has 0 N–H and O–H groups in total. The Labute approximate surface area is 410 Å². The van der Waals surface area contributed by atoms with Gasteiger partial charge in [-0.1, -0.05) is 152 Å². The minimum atomic E-state index is -5.14. The molecule has 0 saturated carbocycles. The van der Waals surface area contributed by atoms with Gasteiger partial charge in [-0.2, -0.15) is 39.5 Å². The summed E-state index contributed by atoms with van der Waals surface area (Å²) in [7, 11) is 0. The summed E-state index contributed by atoms with van der Waals surface area (Å²) in [4.78, 5) is 20.0. The van der Waals surface area contributed by atoms with Gasteiger partial charge in [-0.25, -0.2) is 19.9 Å². The van der Waals surface area contributed by atoms with Gasteiger partial charge >= 0.3 is 18.5 Å². The van der Waals surface area contributed by atoms with E-state index in [9.17, 15) is 26.3 Å². The first-order valence-corrected chi connectivity index (χ1v) is 22.7. The van der Waals surface area contributed by atoms with Crippen LogP contribution in [-0.2, 0) is 18.5 Å². The number of fused-ring (bicyclic) bond motifs is 3. The van der Waals surface area contributed by atoms with E-state index in [0.717, 1.165) is 12.1 Å². The Morgan fingerprint density at radius 1 is 0.288 bits per heavy atom. The van der Waals surface area contributed by atoms with Crippen LogP contribution in [0.5, 0.6) is 0 Å². The Hall–Kier alpha value is -8.91. The lowest BCUT2D eigenvalue weighted by Gasteiger charge is -2.21. The van der Waals surface area contributed by atoms with E-state index in [1.165, 1.54) is 12.1 Å². The highest BCUT2D eigenvalue weighted by atomic mass is 19.4. The van der Waals surface area contributed by atoms with Gasteiger partial charge in [-0.3, -0.25) is 0 Å². The van der Waals surface area contributed by atoms with E-state index >= 15 is 13.2 Å². The standard InChI is InChI=1S/C59H34F9N5/c60-57(61,62)41-27-40(28-42(30-41)58(63,64)65)39-25-26-45-44-23-13-14-24-52(44)73(53(45)29-39)54-46(55-69-48(35-15-5-1-6-16-35)33-49(70-55)36-17-7-2-8-18-36)31-43(59(66,67)68)32-47(54)56-71-50(37-19-9-3-10-20-37)34-51(72-56)38-21-11-4-12-22-38/h1-34H. The number of benzene rings is 8. The van der Waals surface area contributed by atoms with E-state index in [1.807, 2.05) is 24.3 Å². The van der Waals surface area contributed by atoms with Gasteiger partial charge in [0.15, 0.2) is 11.6 Å². The third-order valence-corrected chi connectivity index (χ3v) is 12.5. The van der Waals surface area contributed by atoms with E-state index in [1.54, 1.807) is 144 Å². The predicted molar refractivity (Wildman–Crippen MR) is 265 cm³/mol. The summed E-state index contributed by atoms with van der Waals surface area (Å²) in [5.74, 6) is -0.278. The summed E-state index contributed by atoms with van der Waals surface area (Å²) in [6, 6.07) is 54.1. The van der Waals surface area contributed by atoms with Crippen molar-refractivity contribution in [1.82, 2.24) is 24.5 Å². The summed E-state index contributed by atoms with van der Waals surface area (Å²) >= 11 is 0. The van der Waals surface area contributed by atoms with Crippen LogP contribution in [0.2, 0.25) is 0 Å². The SMILES string of the molecule is FC(F)(F)c1cc(-c2ccc3c4ccccc4n(-c4c(-c5nc(-c6ccccc6)cc(-c6ccccc6)n5)cc(C(F)(F)F)cc4-c4nc(-c5ccccc5)cc(-c5ccccc5)n4)c3c2)cc(C(F)(F)F)c1. The van der Waals surface area contributed by atoms with Crippen molar-refractivity contribution < 1.29 is 39.5 Å². The van der Waals surface area contributed by atoms with Gasteiger partial charge in [0.05, 0.1) is 56.2 Å². The number of aromatic nitrogens is 5. The molecule has 73 heavy (non-hydrogen) atoms. The molecule has 11 rings (SSSR count). The van der Waals surface area contributed by atoms with Crippen molar-refractivity contribution in [2.75, 3.05) is 0 Å². The second-order valence-corrected chi connectivity index (χ2v) is 17.2. The molecule has 358 valence electrons. The third-order valence-electron chi connectivity index (χ3n) is 12.5. The normalized spacial score (nSPS) is 12.2. The fraction of sp³-hybridized carbons (Fsp3) is 0.0508. The van der Waals surface area contributed by atoms with Crippen LogP contribution >= 0.6 is 0 Å². The maximum Gasteiger partial charge on any atom is 0.416 e. The lowest BCUT2D eigenvalue weighted by Crippen LogP contribution is -2.11. The van der Waals surface area contributed by atoms with Crippen molar-refractivity contribution in [2.24, 2.45) is 0 Å². The summed E-state index contributed by atoms with van der Waals surface area (Å²) in [6.45, 7) is 0. The van der Waals surface area contributed by atoms with Crippen molar-refractivity contribution in [1.29, 1.82) is 0 Å². The predicted octanol–water partition coefficient (Wildman–Crippen LogP) is 17.1. The molecule has 0 amide bonds. The van der Waals surface area contributed by atoms with Crippen LogP contribution in [0.4, 0.5) is 39.5 Å². The van der Waals surface area contributed by atoms with Gasteiger partial charge in [0.25, 0.3) is 0 Å². The number of hydrogen-bond acceptors (Lipinski definition) is 4. The van der Waals surface area contributed by atoms with E-state index in [-0.39, 0.29) is 45.6 Å². The fourth-order valence-electron chi connectivity index (χ4n) is 9.06. The van der Waals surface area contributed by atoms with E-state index in [0.29, 0.717) is 73.5 Å². The van der Waals surface area contributed by atoms with Crippen LogP contribution < -0.4 is 0 Å². The molecule has 3 heterocycles. The Morgan fingerprint density at radius 3 is 1.04 bits per heavy atom. The van der Waals surface area contributed by atoms with Gasteiger partial charge in [-0.15, -0.1) is 0 Å². The van der Waals surface area contributed by atoms with Crippen LogP contribution in [0.3, 0.4) is 0 Å². The number of para-hydroxylation sites is 1. The Kier molecular flexibility index (Phi) is 11.5. The summed E-state index contributed by atoms with van der Waals surface area (Å²) in [6.07, 6.45) is -15.3. The molecule has 5 nitrogen and oxygen atoms in total. The largest absolute Gasteiger partial charge is 0.416 e. The number of rotatable bonds is 8. The summed E-state index contributed by atoms with van der Waals surface area (Å²) in [5, 5.41) is 1.04. The Bertz CT molecular complexity index is 3560.